The molecule has 1 aliphatic carbocycles. The molecule has 0 aliphatic heterocycles. The summed E-state index contributed by atoms with van der Waals surface area (Å²) in [6.07, 6.45) is 4.00. The molecule has 1 N–H and O–H groups in total. The Morgan fingerprint density at radius 2 is 2.17 bits per heavy atom. The van der Waals surface area contributed by atoms with Crippen LogP contribution in [0.25, 0.3) is 0 Å². The second-order valence-electron chi connectivity index (χ2n) is 5.22. The summed E-state index contributed by atoms with van der Waals surface area (Å²) >= 11 is 3.56. The number of ether oxygens (including phenoxy) is 1. The van der Waals surface area contributed by atoms with Gasteiger partial charge in [-0.2, -0.15) is 0 Å². The highest BCUT2D eigenvalue weighted by Gasteiger charge is 2.32. The van der Waals surface area contributed by atoms with E-state index in [1.165, 1.54) is 24.8 Å². The van der Waals surface area contributed by atoms with Crippen molar-refractivity contribution in [3.8, 4) is 5.75 Å². The third-order valence-corrected chi connectivity index (χ3v) is 4.69. The fourth-order valence-electron chi connectivity index (χ4n) is 3.22. The van der Waals surface area contributed by atoms with Crippen LogP contribution in [0.1, 0.15) is 37.8 Å². The first-order chi connectivity index (χ1) is 8.67. The minimum absolute atomic E-state index is 0.384. The van der Waals surface area contributed by atoms with Gasteiger partial charge in [-0.15, -0.1) is 0 Å². The Kier molecular flexibility index (Phi) is 4.68. The SMILES string of the molecule is CNC(c1cc(Br)ccc1OC)C1CCCC1C. The summed E-state index contributed by atoms with van der Waals surface area (Å²) in [7, 11) is 3.80. The number of methoxy groups -OCH3 is 1. The molecule has 1 saturated carbocycles. The number of halogens is 1. The van der Waals surface area contributed by atoms with E-state index in [0.29, 0.717) is 12.0 Å². The maximum atomic E-state index is 5.52. The summed E-state index contributed by atoms with van der Waals surface area (Å²) in [5, 5.41) is 3.49. The van der Waals surface area contributed by atoms with Gasteiger partial charge in [0.25, 0.3) is 0 Å². The zero-order valence-corrected chi connectivity index (χ0v) is 13.0. The largest absolute Gasteiger partial charge is 0.496 e. The van der Waals surface area contributed by atoms with Crippen LogP contribution in [-0.4, -0.2) is 14.2 Å². The van der Waals surface area contributed by atoms with E-state index in [2.05, 4.69) is 41.3 Å². The second-order valence-corrected chi connectivity index (χ2v) is 6.14. The Morgan fingerprint density at radius 1 is 1.39 bits per heavy atom. The van der Waals surface area contributed by atoms with E-state index in [1.807, 2.05) is 12.1 Å². The summed E-state index contributed by atoms with van der Waals surface area (Å²) in [5.74, 6) is 2.47. The molecule has 1 fully saturated rings. The molecule has 18 heavy (non-hydrogen) atoms. The smallest absolute Gasteiger partial charge is 0.123 e. The molecular formula is C15H22BrNO. The lowest BCUT2D eigenvalue weighted by Gasteiger charge is -2.28. The highest BCUT2D eigenvalue weighted by atomic mass is 79.9. The molecule has 1 aromatic carbocycles. The van der Waals surface area contributed by atoms with Crippen LogP contribution in [0, 0.1) is 11.8 Å². The predicted octanol–water partition coefficient (Wildman–Crippen LogP) is 4.15. The van der Waals surface area contributed by atoms with Crippen molar-refractivity contribution in [2.45, 2.75) is 32.2 Å². The van der Waals surface area contributed by atoms with Crippen LogP contribution in [0.2, 0.25) is 0 Å². The van der Waals surface area contributed by atoms with Crippen molar-refractivity contribution in [2.24, 2.45) is 11.8 Å². The molecule has 3 heteroatoms. The number of rotatable bonds is 4. The molecule has 3 atom stereocenters. The normalized spacial score (nSPS) is 25.1. The van der Waals surface area contributed by atoms with Crippen molar-refractivity contribution in [3.63, 3.8) is 0 Å². The number of benzene rings is 1. The van der Waals surface area contributed by atoms with E-state index in [1.54, 1.807) is 7.11 Å². The first-order valence-electron chi connectivity index (χ1n) is 6.68. The molecule has 2 nitrogen and oxygen atoms in total. The topological polar surface area (TPSA) is 21.3 Å². The standard InChI is InChI=1S/C15H22BrNO/c1-10-5-4-6-12(10)15(17-2)13-9-11(16)7-8-14(13)18-3/h7-10,12,15,17H,4-6H2,1-3H3. The van der Waals surface area contributed by atoms with Crippen molar-refractivity contribution in [3.05, 3.63) is 28.2 Å². The van der Waals surface area contributed by atoms with Crippen molar-refractivity contribution in [2.75, 3.05) is 14.2 Å². The fraction of sp³-hybridized carbons (Fsp3) is 0.600. The molecule has 0 amide bonds. The van der Waals surface area contributed by atoms with Gasteiger partial charge in [0.2, 0.25) is 0 Å². The highest BCUT2D eigenvalue weighted by molar-refractivity contribution is 9.10. The lowest BCUT2D eigenvalue weighted by Crippen LogP contribution is -2.27. The third kappa shape index (κ3) is 2.72. The van der Waals surface area contributed by atoms with Crippen molar-refractivity contribution in [1.29, 1.82) is 0 Å². The number of hydrogen-bond donors (Lipinski definition) is 1. The first-order valence-corrected chi connectivity index (χ1v) is 7.47. The molecule has 0 bridgehead atoms. The minimum Gasteiger partial charge on any atom is -0.496 e. The van der Waals surface area contributed by atoms with Gasteiger partial charge in [-0.1, -0.05) is 35.7 Å². The number of hydrogen-bond acceptors (Lipinski definition) is 2. The summed E-state index contributed by atoms with van der Waals surface area (Å²) in [4.78, 5) is 0. The maximum absolute atomic E-state index is 5.52. The van der Waals surface area contributed by atoms with Gasteiger partial charge in [-0.05, 0) is 43.5 Å². The van der Waals surface area contributed by atoms with Crippen molar-refractivity contribution in [1.82, 2.24) is 5.32 Å². The average molecular weight is 312 g/mol. The predicted molar refractivity (Wildman–Crippen MR) is 79.0 cm³/mol. The zero-order chi connectivity index (χ0) is 13.1. The van der Waals surface area contributed by atoms with E-state index < -0.39 is 0 Å². The van der Waals surface area contributed by atoms with Gasteiger partial charge in [0.05, 0.1) is 7.11 Å². The fourth-order valence-corrected chi connectivity index (χ4v) is 3.60. The number of nitrogens with one attached hydrogen (secondary N) is 1. The quantitative estimate of drug-likeness (QED) is 0.901. The van der Waals surface area contributed by atoms with Crippen LogP contribution in [0.3, 0.4) is 0 Å². The molecule has 100 valence electrons. The molecule has 0 radical (unpaired) electrons. The van der Waals surface area contributed by atoms with E-state index in [0.717, 1.165) is 16.1 Å². The van der Waals surface area contributed by atoms with Gasteiger partial charge in [0, 0.05) is 16.1 Å². The zero-order valence-electron chi connectivity index (χ0n) is 11.4. The molecule has 2 rings (SSSR count). The average Bonchev–Trinajstić information content (AvgIpc) is 2.77. The summed E-state index contributed by atoms with van der Waals surface area (Å²) in [5.41, 5.74) is 1.27. The Labute approximate surface area is 118 Å². The van der Waals surface area contributed by atoms with Gasteiger partial charge in [-0.25, -0.2) is 0 Å². The van der Waals surface area contributed by atoms with Crippen LogP contribution in [0.4, 0.5) is 0 Å². The van der Waals surface area contributed by atoms with Crippen LogP contribution in [0.5, 0.6) is 5.75 Å². The lowest BCUT2D eigenvalue weighted by atomic mass is 9.85. The molecule has 3 unspecified atom stereocenters. The lowest BCUT2D eigenvalue weighted by molar-refractivity contribution is 0.305. The van der Waals surface area contributed by atoms with Gasteiger partial charge in [-0.3, -0.25) is 0 Å². The Morgan fingerprint density at radius 3 is 2.72 bits per heavy atom. The van der Waals surface area contributed by atoms with Crippen LogP contribution in [-0.2, 0) is 0 Å². The second kappa shape index (κ2) is 6.07. The molecule has 0 saturated heterocycles. The monoisotopic (exact) mass is 311 g/mol. The van der Waals surface area contributed by atoms with Gasteiger partial charge in [0.15, 0.2) is 0 Å². The van der Waals surface area contributed by atoms with Crippen molar-refractivity contribution >= 4 is 15.9 Å². The third-order valence-electron chi connectivity index (χ3n) is 4.19. The molecule has 0 aromatic heterocycles. The molecule has 0 spiro atoms. The van der Waals surface area contributed by atoms with E-state index >= 15 is 0 Å². The van der Waals surface area contributed by atoms with Crippen LogP contribution in [0.15, 0.2) is 22.7 Å². The first kappa shape index (κ1) is 13.9. The van der Waals surface area contributed by atoms with Gasteiger partial charge in [0.1, 0.15) is 5.75 Å². The van der Waals surface area contributed by atoms with Gasteiger partial charge >= 0.3 is 0 Å². The van der Waals surface area contributed by atoms with E-state index in [4.69, 9.17) is 4.74 Å². The Hall–Kier alpha value is -0.540. The highest BCUT2D eigenvalue weighted by Crippen LogP contribution is 2.42. The molecule has 1 aromatic rings. The molecule has 1 aliphatic rings. The Bertz CT molecular complexity index is 407. The summed E-state index contributed by atoms with van der Waals surface area (Å²) in [6.45, 7) is 2.37. The van der Waals surface area contributed by atoms with E-state index in [9.17, 15) is 0 Å². The summed E-state index contributed by atoms with van der Waals surface area (Å²) in [6, 6.07) is 6.65. The molecule has 0 heterocycles. The van der Waals surface area contributed by atoms with Crippen LogP contribution >= 0.6 is 15.9 Å². The van der Waals surface area contributed by atoms with Crippen LogP contribution < -0.4 is 10.1 Å². The maximum Gasteiger partial charge on any atom is 0.123 e. The van der Waals surface area contributed by atoms with Crippen molar-refractivity contribution < 1.29 is 4.74 Å². The van der Waals surface area contributed by atoms with E-state index in [-0.39, 0.29) is 0 Å². The molecular weight excluding hydrogens is 290 g/mol. The minimum atomic E-state index is 0.384. The summed E-state index contributed by atoms with van der Waals surface area (Å²) < 4.78 is 6.63. The Balaban J connectivity index is 2.34. The van der Waals surface area contributed by atoms with Gasteiger partial charge < -0.3 is 10.1 Å².